The summed E-state index contributed by atoms with van der Waals surface area (Å²) in [7, 11) is 0. The Morgan fingerprint density at radius 3 is 2.84 bits per heavy atom. The number of fused-ring (bicyclic) bond motifs is 1. The molecule has 2 aliphatic rings. The molecule has 0 aromatic carbocycles. The molecular formula is C18H25N5OS. The van der Waals surface area contributed by atoms with E-state index in [0.717, 1.165) is 67.9 Å². The number of aromatic nitrogens is 2. The first-order valence-electron chi connectivity index (χ1n) is 9.07. The molecule has 1 amide bonds. The lowest BCUT2D eigenvalue weighted by atomic mass is 9.74. The van der Waals surface area contributed by atoms with E-state index in [4.69, 9.17) is 5.73 Å². The molecule has 7 heteroatoms. The second kappa shape index (κ2) is 6.53. The summed E-state index contributed by atoms with van der Waals surface area (Å²) in [6.45, 7) is 5.14. The molecule has 2 atom stereocenters. The van der Waals surface area contributed by atoms with Crippen molar-refractivity contribution in [2.24, 2.45) is 11.7 Å². The second-order valence-corrected chi connectivity index (χ2v) is 8.36. The van der Waals surface area contributed by atoms with Crippen LogP contribution in [0, 0.1) is 5.92 Å². The van der Waals surface area contributed by atoms with Gasteiger partial charge in [0.05, 0.1) is 16.1 Å². The Hall–Kier alpha value is -1.73. The van der Waals surface area contributed by atoms with Crippen molar-refractivity contribution in [1.82, 2.24) is 14.9 Å². The van der Waals surface area contributed by atoms with Gasteiger partial charge in [0.2, 0.25) is 5.91 Å². The van der Waals surface area contributed by atoms with Crippen LogP contribution >= 0.6 is 11.3 Å². The number of amides is 1. The van der Waals surface area contributed by atoms with E-state index < -0.39 is 0 Å². The van der Waals surface area contributed by atoms with E-state index in [1.807, 2.05) is 23.3 Å². The van der Waals surface area contributed by atoms with Crippen molar-refractivity contribution >= 4 is 33.3 Å². The molecule has 1 aliphatic carbocycles. The van der Waals surface area contributed by atoms with E-state index in [1.165, 1.54) is 0 Å². The zero-order valence-corrected chi connectivity index (χ0v) is 15.5. The van der Waals surface area contributed by atoms with E-state index in [0.29, 0.717) is 0 Å². The van der Waals surface area contributed by atoms with Crippen LogP contribution in [-0.4, -0.2) is 52.5 Å². The Morgan fingerprint density at radius 2 is 2.08 bits per heavy atom. The van der Waals surface area contributed by atoms with Gasteiger partial charge in [0, 0.05) is 31.7 Å². The molecule has 25 heavy (non-hydrogen) atoms. The van der Waals surface area contributed by atoms with Gasteiger partial charge in [-0.3, -0.25) is 4.79 Å². The number of thiophene rings is 1. The molecule has 134 valence electrons. The van der Waals surface area contributed by atoms with Crippen LogP contribution < -0.4 is 10.6 Å². The highest BCUT2D eigenvalue weighted by Crippen LogP contribution is 2.34. The Kier molecular flexibility index (Phi) is 4.37. The summed E-state index contributed by atoms with van der Waals surface area (Å²) in [6, 6.07) is 2.02. The molecule has 0 bridgehead atoms. The van der Waals surface area contributed by atoms with E-state index in [1.54, 1.807) is 17.7 Å². The fraction of sp³-hybridized carbons (Fsp3) is 0.611. The maximum absolute atomic E-state index is 13.0. The van der Waals surface area contributed by atoms with E-state index in [-0.39, 0.29) is 17.4 Å². The molecule has 6 nitrogen and oxygen atoms in total. The lowest BCUT2D eigenvalue weighted by Crippen LogP contribution is -2.57. The molecule has 1 saturated carbocycles. The van der Waals surface area contributed by atoms with Gasteiger partial charge < -0.3 is 15.5 Å². The molecule has 2 aromatic rings. The third kappa shape index (κ3) is 3.11. The number of hydrogen-bond acceptors (Lipinski definition) is 6. The van der Waals surface area contributed by atoms with Crippen molar-refractivity contribution in [3.8, 4) is 0 Å². The first kappa shape index (κ1) is 16.7. The minimum atomic E-state index is -0.359. The summed E-state index contributed by atoms with van der Waals surface area (Å²) in [4.78, 5) is 26.1. The van der Waals surface area contributed by atoms with Crippen LogP contribution in [0.2, 0.25) is 0 Å². The number of carbonyl (C=O) groups is 1. The largest absolute Gasteiger partial charge is 0.352 e. The van der Waals surface area contributed by atoms with Crippen molar-refractivity contribution in [2.45, 2.75) is 38.1 Å². The first-order valence-corrected chi connectivity index (χ1v) is 9.95. The SMILES string of the molecule is CC1(N)CCCCC1C(=O)N1CCN(c2ncnc3ccsc23)CC1. The van der Waals surface area contributed by atoms with Gasteiger partial charge in [-0.2, -0.15) is 0 Å². The second-order valence-electron chi connectivity index (χ2n) is 7.45. The van der Waals surface area contributed by atoms with Crippen LogP contribution in [0.4, 0.5) is 5.82 Å². The highest BCUT2D eigenvalue weighted by molar-refractivity contribution is 7.17. The molecule has 2 fully saturated rings. The number of rotatable bonds is 2. The van der Waals surface area contributed by atoms with Crippen LogP contribution in [0.3, 0.4) is 0 Å². The van der Waals surface area contributed by atoms with Crippen LogP contribution in [-0.2, 0) is 4.79 Å². The lowest BCUT2D eigenvalue weighted by Gasteiger charge is -2.42. The molecule has 1 aliphatic heterocycles. The average Bonchev–Trinajstić information content (AvgIpc) is 3.10. The van der Waals surface area contributed by atoms with Gasteiger partial charge >= 0.3 is 0 Å². The minimum Gasteiger partial charge on any atom is -0.352 e. The van der Waals surface area contributed by atoms with Crippen LogP contribution in [0.5, 0.6) is 0 Å². The molecule has 1 saturated heterocycles. The Balaban J connectivity index is 1.45. The summed E-state index contributed by atoms with van der Waals surface area (Å²) >= 11 is 1.67. The van der Waals surface area contributed by atoms with Gasteiger partial charge in [-0.05, 0) is 31.2 Å². The number of anilines is 1. The van der Waals surface area contributed by atoms with Crippen molar-refractivity contribution in [3.05, 3.63) is 17.8 Å². The molecule has 3 heterocycles. The van der Waals surface area contributed by atoms with Crippen molar-refractivity contribution in [3.63, 3.8) is 0 Å². The standard InChI is InChI=1S/C18H25N5OS/c1-18(19)6-3-2-4-13(18)17(24)23-9-7-22(8-10-23)16-15-14(5-11-25-15)20-12-21-16/h5,11-13H,2-4,6-10,19H2,1H3. The first-order chi connectivity index (χ1) is 12.1. The predicted molar refractivity (Wildman–Crippen MR) is 101 cm³/mol. The summed E-state index contributed by atoms with van der Waals surface area (Å²) in [6.07, 6.45) is 5.74. The molecule has 0 radical (unpaired) electrons. The highest BCUT2D eigenvalue weighted by Gasteiger charge is 2.40. The fourth-order valence-electron chi connectivity index (χ4n) is 4.12. The van der Waals surface area contributed by atoms with E-state index in [2.05, 4.69) is 14.9 Å². The maximum atomic E-state index is 13.0. The van der Waals surface area contributed by atoms with Gasteiger partial charge in [0.1, 0.15) is 12.1 Å². The summed E-state index contributed by atoms with van der Waals surface area (Å²) in [5.41, 5.74) is 7.06. The molecule has 0 spiro atoms. The molecule has 4 rings (SSSR count). The van der Waals surface area contributed by atoms with Gasteiger partial charge in [-0.25, -0.2) is 9.97 Å². The molecule has 2 unspecified atom stereocenters. The van der Waals surface area contributed by atoms with E-state index in [9.17, 15) is 4.79 Å². The van der Waals surface area contributed by atoms with Crippen LogP contribution in [0.1, 0.15) is 32.6 Å². The molecule has 2 N–H and O–H groups in total. The number of carbonyl (C=O) groups excluding carboxylic acids is 1. The number of hydrogen-bond donors (Lipinski definition) is 1. The van der Waals surface area contributed by atoms with Gasteiger partial charge in [-0.1, -0.05) is 12.8 Å². The number of nitrogens with two attached hydrogens (primary N) is 1. The van der Waals surface area contributed by atoms with Crippen molar-refractivity contribution < 1.29 is 4.79 Å². The zero-order valence-electron chi connectivity index (χ0n) is 14.6. The summed E-state index contributed by atoms with van der Waals surface area (Å²) < 4.78 is 1.13. The monoisotopic (exact) mass is 359 g/mol. The predicted octanol–water partition coefficient (Wildman–Crippen LogP) is 2.25. The average molecular weight is 359 g/mol. The van der Waals surface area contributed by atoms with Gasteiger partial charge in [0.25, 0.3) is 0 Å². The normalized spacial score (nSPS) is 27.7. The van der Waals surface area contributed by atoms with Crippen molar-refractivity contribution in [1.29, 1.82) is 0 Å². The Bertz CT molecular complexity index is 766. The van der Waals surface area contributed by atoms with Gasteiger partial charge in [-0.15, -0.1) is 11.3 Å². The minimum absolute atomic E-state index is 0.0316. The Labute approximate surface area is 152 Å². The quantitative estimate of drug-likeness (QED) is 0.890. The number of nitrogens with zero attached hydrogens (tertiary/aromatic N) is 4. The topological polar surface area (TPSA) is 75.4 Å². The Morgan fingerprint density at radius 1 is 1.28 bits per heavy atom. The summed E-state index contributed by atoms with van der Waals surface area (Å²) in [5.74, 6) is 1.21. The smallest absolute Gasteiger partial charge is 0.227 e. The highest BCUT2D eigenvalue weighted by atomic mass is 32.1. The fourth-order valence-corrected chi connectivity index (χ4v) is 4.99. The maximum Gasteiger partial charge on any atom is 0.227 e. The van der Waals surface area contributed by atoms with Crippen LogP contribution in [0.25, 0.3) is 10.2 Å². The molecular weight excluding hydrogens is 334 g/mol. The third-order valence-electron chi connectivity index (χ3n) is 5.67. The van der Waals surface area contributed by atoms with Crippen molar-refractivity contribution in [2.75, 3.05) is 31.1 Å². The third-order valence-corrected chi connectivity index (χ3v) is 6.57. The van der Waals surface area contributed by atoms with Gasteiger partial charge in [0.15, 0.2) is 0 Å². The molecule has 2 aromatic heterocycles. The summed E-state index contributed by atoms with van der Waals surface area (Å²) in [5, 5.41) is 2.05. The number of piperazine rings is 1. The lowest BCUT2D eigenvalue weighted by molar-refractivity contribution is -0.139. The zero-order chi connectivity index (χ0) is 17.4. The van der Waals surface area contributed by atoms with Crippen LogP contribution in [0.15, 0.2) is 17.8 Å². The van der Waals surface area contributed by atoms with E-state index >= 15 is 0 Å².